The molecule has 0 fully saturated rings. The maximum Gasteiger partial charge on any atom is 0.0546 e. The molecule has 1 nitrogen and oxygen atoms in total. The zero-order chi connectivity index (χ0) is 34.0. The molecule has 0 amide bonds. The van der Waals surface area contributed by atoms with E-state index in [4.69, 9.17) is 0 Å². The van der Waals surface area contributed by atoms with Gasteiger partial charge >= 0.3 is 0 Å². The van der Waals surface area contributed by atoms with E-state index in [1.54, 1.807) is 0 Å². The van der Waals surface area contributed by atoms with Crippen LogP contribution >= 0.6 is 0 Å². The van der Waals surface area contributed by atoms with E-state index in [0.717, 1.165) is 17.1 Å². The summed E-state index contributed by atoms with van der Waals surface area (Å²) in [6.07, 6.45) is 0. The fourth-order valence-corrected chi connectivity index (χ4v) is 7.35. The van der Waals surface area contributed by atoms with Crippen LogP contribution in [-0.4, -0.2) is 0 Å². The summed E-state index contributed by atoms with van der Waals surface area (Å²) in [7, 11) is 0. The van der Waals surface area contributed by atoms with Gasteiger partial charge in [0, 0.05) is 16.9 Å². The number of fused-ring (bicyclic) bond motifs is 2. The third-order valence-electron chi connectivity index (χ3n) is 9.88. The van der Waals surface area contributed by atoms with Gasteiger partial charge in [-0.2, -0.15) is 0 Å². The average molecular weight is 650 g/mol. The lowest BCUT2D eigenvalue weighted by Gasteiger charge is -2.29. The third kappa shape index (κ3) is 5.86. The summed E-state index contributed by atoms with van der Waals surface area (Å²) in [6.45, 7) is 0. The Bertz CT molecular complexity index is 2590. The van der Waals surface area contributed by atoms with Crippen LogP contribution in [0.25, 0.3) is 66.1 Å². The quantitative estimate of drug-likeness (QED) is 0.166. The Morgan fingerprint density at radius 2 is 0.686 bits per heavy atom. The van der Waals surface area contributed by atoms with Gasteiger partial charge in [-0.15, -0.1) is 0 Å². The van der Waals surface area contributed by atoms with Crippen LogP contribution in [0.5, 0.6) is 0 Å². The minimum absolute atomic E-state index is 1.10. The molecule has 0 unspecified atom stereocenters. The van der Waals surface area contributed by atoms with Crippen LogP contribution in [0.1, 0.15) is 0 Å². The van der Waals surface area contributed by atoms with Crippen molar-refractivity contribution < 1.29 is 0 Å². The first-order valence-corrected chi connectivity index (χ1v) is 17.5. The molecule has 9 aromatic rings. The largest absolute Gasteiger partial charge is 0.310 e. The molecule has 1 heteroatoms. The van der Waals surface area contributed by atoms with Crippen LogP contribution in [0.4, 0.5) is 17.1 Å². The average Bonchev–Trinajstić information content (AvgIpc) is 3.21. The van der Waals surface area contributed by atoms with Gasteiger partial charge in [0.05, 0.1) is 5.69 Å². The van der Waals surface area contributed by atoms with E-state index in [1.807, 2.05) is 0 Å². The normalized spacial score (nSPS) is 11.1. The molecular formula is C50H35N. The number of benzene rings is 9. The zero-order valence-electron chi connectivity index (χ0n) is 28.2. The standard InChI is InChI=1S/C50H35N/c1-3-13-40(14-4-1)49-34-31-42(48-24-12-18-39-16-8-10-22-46(39)48)35-50(49)51(43-19-5-2-6-20-43)44-32-29-37(30-33-44)36-25-27-41(28-26-36)47-23-11-17-38-15-7-9-21-45(38)47/h1-35H. The maximum absolute atomic E-state index is 2.39. The molecule has 51 heavy (non-hydrogen) atoms. The monoisotopic (exact) mass is 649 g/mol. The highest BCUT2D eigenvalue weighted by atomic mass is 15.1. The van der Waals surface area contributed by atoms with Gasteiger partial charge < -0.3 is 4.90 Å². The van der Waals surface area contributed by atoms with Crippen LogP contribution in [0.2, 0.25) is 0 Å². The topological polar surface area (TPSA) is 3.24 Å². The smallest absolute Gasteiger partial charge is 0.0546 e. The van der Waals surface area contributed by atoms with Crippen LogP contribution in [0.15, 0.2) is 212 Å². The van der Waals surface area contributed by atoms with Crippen molar-refractivity contribution in [2.45, 2.75) is 0 Å². The molecular weight excluding hydrogens is 615 g/mol. The van der Waals surface area contributed by atoms with Crippen molar-refractivity contribution in [3.8, 4) is 44.5 Å². The Balaban J connectivity index is 1.14. The van der Waals surface area contributed by atoms with E-state index in [1.165, 1.54) is 66.1 Å². The van der Waals surface area contributed by atoms with Crippen LogP contribution < -0.4 is 4.90 Å². The molecule has 0 aliphatic carbocycles. The molecule has 9 rings (SSSR count). The molecule has 0 heterocycles. The lowest BCUT2D eigenvalue weighted by Crippen LogP contribution is -2.11. The predicted molar refractivity (Wildman–Crippen MR) is 218 cm³/mol. The fourth-order valence-electron chi connectivity index (χ4n) is 7.35. The van der Waals surface area contributed by atoms with Gasteiger partial charge in [0.15, 0.2) is 0 Å². The Morgan fingerprint density at radius 1 is 0.255 bits per heavy atom. The van der Waals surface area contributed by atoms with Gasteiger partial charge in [0.25, 0.3) is 0 Å². The van der Waals surface area contributed by atoms with Crippen molar-refractivity contribution in [3.05, 3.63) is 212 Å². The Labute approximate surface area is 299 Å². The molecule has 0 spiro atoms. The van der Waals surface area contributed by atoms with Crippen molar-refractivity contribution in [1.82, 2.24) is 0 Å². The van der Waals surface area contributed by atoms with E-state index in [2.05, 4.69) is 217 Å². The number of hydrogen-bond acceptors (Lipinski definition) is 1. The summed E-state index contributed by atoms with van der Waals surface area (Å²) >= 11 is 0. The Kier molecular flexibility index (Phi) is 7.92. The highest BCUT2D eigenvalue weighted by Crippen LogP contribution is 2.44. The van der Waals surface area contributed by atoms with Gasteiger partial charge in [0.1, 0.15) is 0 Å². The molecule has 240 valence electrons. The lowest BCUT2D eigenvalue weighted by molar-refractivity contribution is 1.28. The van der Waals surface area contributed by atoms with Crippen molar-refractivity contribution in [1.29, 1.82) is 0 Å². The van der Waals surface area contributed by atoms with Crippen molar-refractivity contribution in [2.75, 3.05) is 4.90 Å². The SMILES string of the molecule is c1ccc(-c2ccc(-c3cccc4ccccc34)cc2N(c2ccccc2)c2ccc(-c3ccc(-c4cccc5ccccc45)cc3)cc2)cc1. The first-order chi connectivity index (χ1) is 25.3. The number of para-hydroxylation sites is 1. The molecule has 0 atom stereocenters. The Hall–Kier alpha value is -6.70. The van der Waals surface area contributed by atoms with E-state index in [0.29, 0.717) is 0 Å². The van der Waals surface area contributed by atoms with Gasteiger partial charge in [-0.25, -0.2) is 0 Å². The van der Waals surface area contributed by atoms with Gasteiger partial charge in [-0.3, -0.25) is 0 Å². The molecule has 0 radical (unpaired) electrons. The second-order valence-electron chi connectivity index (χ2n) is 12.9. The Morgan fingerprint density at radius 3 is 1.31 bits per heavy atom. The first-order valence-electron chi connectivity index (χ1n) is 17.5. The van der Waals surface area contributed by atoms with Crippen LogP contribution in [0, 0.1) is 0 Å². The minimum Gasteiger partial charge on any atom is -0.310 e. The van der Waals surface area contributed by atoms with Crippen molar-refractivity contribution in [3.63, 3.8) is 0 Å². The second kappa shape index (κ2) is 13.3. The van der Waals surface area contributed by atoms with E-state index in [-0.39, 0.29) is 0 Å². The number of anilines is 3. The van der Waals surface area contributed by atoms with Crippen LogP contribution in [0.3, 0.4) is 0 Å². The zero-order valence-corrected chi connectivity index (χ0v) is 28.2. The van der Waals surface area contributed by atoms with Crippen molar-refractivity contribution >= 4 is 38.6 Å². The molecule has 9 aromatic carbocycles. The highest BCUT2D eigenvalue weighted by Gasteiger charge is 2.19. The summed E-state index contributed by atoms with van der Waals surface area (Å²) in [5, 5.41) is 5.03. The third-order valence-corrected chi connectivity index (χ3v) is 9.88. The van der Waals surface area contributed by atoms with Gasteiger partial charge in [-0.1, -0.05) is 182 Å². The summed E-state index contributed by atoms with van der Waals surface area (Å²) in [5.74, 6) is 0. The van der Waals surface area contributed by atoms with Gasteiger partial charge in [-0.05, 0) is 90.8 Å². The number of rotatable bonds is 7. The maximum atomic E-state index is 2.39. The van der Waals surface area contributed by atoms with E-state index < -0.39 is 0 Å². The van der Waals surface area contributed by atoms with Crippen LogP contribution in [-0.2, 0) is 0 Å². The highest BCUT2D eigenvalue weighted by molar-refractivity contribution is 6.00. The molecule has 0 N–H and O–H groups in total. The first kappa shape index (κ1) is 30.4. The molecule has 0 bridgehead atoms. The molecule has 0 saturated heterocycles. The minimum atomic E-state index is 1.10. The van der Waals surface area contributed by atoms with Crippen molar-refractivity contribution in [2.24, 2.45) is 0 Å². The fraction of sp³-hybridized carbons (Fsp3) is 0. The summed E-state index contributed by atoms with van der Waals surface area (Å²) < 4.78 is 0. The summed E-state index contributed by atoms with van der Waals surface area (Å²) in [4.78, 5) is 2.39. The molecule has 0 aromatic heterocycles. The predicted octanol–water partition coefficient (Wildman–Crippen LogP) is 14.1. The second-order valence-corrected chi connectivity index (χ2v) is 12.9. The van der Waals surface area contributed by atoms with Gasteiger partial charge in [0.2, 0.25) is 0 Å². The number of nitrogens with zero attached hydrogens (tertiary/aromatic N) is 1. The molecule has 0 aliphatic rings. The molecule has 0 saturated carbocycles. The summed E-state index contributed by atoms with van der Waals surface area (Å²) in [5.41, 5.74) is 13.0. The molecule has 0 aliphatic heterocycles. The van der Waals surface area contributed by atoms with E-state index in [9.17, 15) is 0 Å². The number of hydrogen-bond donors (Lipinski definition) is 0. The summed E-state index contributed by atoms with van der Waals surface area (Å²) in [6, 6.07) is 76.6. The van der Waals surface area contributed by atoms with E-state index >= 15 is 0 Å². The lowest BCUT2D eigenvalue weighted by atomic mass is 9.94.